The third-order valence-corrected chi connectivity index (χ3v) is 3.61. The van der Waals surface area contributed by atoms with Crippen molar-refractivity contribution < 1.29 is 0 Å². The fourth-order valence-electron chi connectivity index (χ4n) is 2.11. The molecule has 0 amide bonds. The van der Waals surface area contributed by atoms with E-state index in [0.717, 1.165) is 18.0 Å². The van der Waals surface area contributed by atoms with Crippen LogP contribution in [0.4, 0.5) is 0 Å². The third-order valence-electron chi connectivity index (χ3n) is 3.61. The van der Waals surface area contributed by atoms with Gasteiger partial charge in [0.2, 0.25) is 0 Å². The van der Waals surface area contributed by atoms with Crippen LogP contribution in [0.15, 0.2) is 0 Å². The van der Waals surface area contributed by atoms with Crippen LogP contribution in [-0.4, -0.2) is 37.1 Å². The predicted molar refractivity (Wildman–Crippen MR) is 62.6 cm³/mol. The quantitative estimate of drug-likeness (QED) is 0.674. The first-order valence-corrected chi connectivity index (χ1v) is 6.14. The Morgan fingerprint density at radius 2 is 2.00 bits per heavy atom. The van der Waals surface area contributed by atoms with Crippen LogP contribution in [0.5, 0.6) is 0 Å². The predicted octanol–water partition coefficient (Wildman–Crippen LogP) is 2.10. The van der Waals surface area contributed by atoms with Gasteiger partial charge in [-0.1, -0.05) is 13.8 Å². The van der Waals surface area contributed by atoms with Crippen molar-refractivity contribution in [3.05, 3.63) is 0 Å². The van der Waals surface area contributed by atoms with Gasteiger partial charge in [0.05, 0.1) is 0 Å². The largest absolute Gasteiger partial charge is 0.315 e. The Labute approximate surface area is 89.1 Å². The summed E-state index contributed by atoms with van der Waals surface area (Å²) in [6.45, 7) is 9.29. The molecule has 0 aromatic rings. The zero-order valence-corrected chi connectivity index (χ0v) is 10.2. The second-order valence-electron chi connectivity index (χ2n) is 4.58. The lowest BCUT2D eigenvalue weighted by atomic mass is 10.1. The summed E-state index contributed by atoms with van der Waals surface area (Å²) in [5.41, 5.74) is 0. The van der Waals surface area contributed by atoms with Gasteiger partial charge in [0.1, 0.15) is 0 Å². The molecule has 1 rings (SSSR count). The smallest absolute Gasteiger partial charge is 0.0220 e. The summed E-state index contributed by atoms with van der Waals surface area (Å²) in [5.74, 6) is 0.957. The molecule has 2 nitrogen and oxygen atoms in total. The van der Waals surface area contributed by atoms with Gasteiger partial charge >= 0.3 is 0 Å². The first kappa shape index (κ1) is 12.0. The number of hydrogen-bond acceptors (Lipinski definition) is 2. The van der Waals surface area contributed by atoms with Crippen LogP contribution in [0.2, 0.25) is 0 Å². The van der Waals surface area contributed by atoms with Gasteiger partial charge in [-0.15, -0.1) is 0 Å². The van der Waals surface area contributed by atoms with Gasteiger partial charge in [0, 0.05) is 18.6 Å². The van der Waals surface area contributed by atoms with Crippen LogP contribution in [0.25, 0.3) is 0 Å². The van der Waals surface area contributed by atoms with Crippen LogP contribution in [0.1, 0.15) is 40.0 Å². The Morgan fingerprint density at radius 1 is 1.36 bits per heavy atom. The monoisotopic (exact) mass is 198 g/mol. The Bertz CT molecular complexity index is 154. The fourth-order valence-corrected chi connectivity index (χ4v) is 2.11. The molecule has 1 saturated carbocycles. The van der Waals surface area contributed by atoms with E-state index in [-0.39, 0.29) is 0 Å². The molecule has 84 valence electrons. The summed E-state index contributed by atoms with van der Waals surface area (Å²) in [6, 6.07) is 1.46. The first-order valence-electron chi connectivity index (χ1n) is 6.14. The highest BCUT2D eigenvalue weighted by Gasteiger charge is 2.31. The van der Waals surface area contributed by atoms with E-state index < -0.39 is 0 Å². The van der Waals surface area contributed by atoms with Gasteiger partial charge in [-0.3, -0.25) is 4.90 Å². The second-order valence-corrected chi connectivity index (χ2v) is 4.58. The Kier molecular flexibility index (Phi) is 4.90. The van der Waals surface area contributed by atoms with E-state index in [1.807, 2.05) is 0 Å². The number of hydrogen-bond donors (Lipinski definition) is 1. The number of nitrogens with zero attached hydrogens (tertiary/aromatic N) is 1. The van der Waals surface area contributed by atoms with Gasteiger partial charge in [-0.25, -0.2) is 0 Å². The number of rotatable bonds is 7. The van der Waals surface area contributed by atoms with Crippen molar-refractivity contribution in [3.8, 4) is 0 Å². The molecule has 14 heavy (non-hydrogen) atoms. The lowest BCUT2D eigenvalue weighted by molar-refractivity contribution is 0.187. The average molecular weight is 198 g/mol. The Balaban J connectivity index is 2.36. The maximum absolute atomic E-state index is 3.47. The molecule has 0 saturated heterocycles. The summed E-state index contributed by atoms with van der Waals surface area (Å²) >= 11 is 0. The van der Waals surface area contributed by atoms with E-state index in [4.69, 9.17) is 0 Å². The van der Waals surface area contributed by atoms with Crippen molar-refractivity contribution in [2.45, 2.75) is 52.1 Å². The molecule has 2 heteroatoms. The molecular weight excluding hydrogens is 172 g/mol. The van der Waals surface area contributed by atoms with E-state index in [1.54, 1.807) is 0 Å². The third kappa shape index (κ3) is 3.25. The molecule has 1 fully saturated rings. The molecule has 1 aliphatic rings. The van der Waals surface area contributed by atoms with Crippen molar-refractivity contribution in [2.24, 2.45) is 5.92 Å². The van der Waals surface area contributed by atoms with Crippen LogP contribution in [0, 0.1) is 5.92 Å². The van der Waals surface area contributed by atoms with Gasteiger partial charge in [-0.2, -0.15) is 0 Å². The molecule has 0 aromatic heterocycles. The minimum atomic E-state index is 0.726. The van der Waals surface area contributed by atoms with E-state index in [0.29, 0.717) is 0 Å². The van der Waals surface area contributed by atoms with Gasteiger partial charge in [-0.05, 0) is 45.7 Å². The van der Waals surface area contributed by atoms with Gasteiger partial charge in [0.25, 0.3) is 0 Å². The zero-order chi connectivity index (χ0) is 10.6. The standard InChI is InChI=1S/C12H26N2/c1-5-10(3)14(6-2)9-12(13-4)11-7-8-11/h10-13H,5-9H2,1-4H3. The van der Waals surface area contributed by atoms with Crippen molar-refractivity contribution in [1.82, 2.24) is 10.2 Å². The van der Waals surface area contributed by atoms with Crippen LogP contribution < -0.4 is 5.32 Å². The summed E-state index contributed by atoms with van der Waals surface area (Å²) in [7, 11) is 2.10. The molecule has 0 spiro atoms. The number of nitrogens with one attached hydrogen (secondary N) is 1. The summed E-state index contributed by atoms with van der Waals surface area (Å²) in [6.07, 6.45) is 4.13. The maximum atomic E-state index is 3.47. The molecule has 0 heterocycles. The topological polar surface area (TPSA) is 15.3 Å². The van der Waals surface area contributed by atoms with Crippen molar-refractivity contribution in [1.29, 1.82) is 0 Å². The molecule has 2 unspecified atom stereocenters. The fraction of sp³-hybridized carbons (Fsp3) is 1.00. The lowest BCUT2D eigenvalue weighted by Crippen LogP contribution is -2.44. The molecule has 1 N–H and O–H groups in total. The molecule has 0 bridgehead atoms. The minimum absolute atomic E-state index is 0.726. The van der Waals surface area contributed by atoms with Crippen LogP contribution >= 0.6 is 0 Å². The highest BCUT2D eigenvalue weighted by Crippen LogP contribution is 2.33. The molecule has 1 aliphatic carbocycles. The molecule has 0 aliphatic heterocycles. The summed E-state index contributed by atoms with van der Waals surface area (Å²) in [5, 5.41) is 3.47. The van der Waals surface area contributed by atoms with Gasteiger partial charge in [0.15, 0.2) is 0 Å². The maximum Gasteiger partial charge on any atom is 0.0220 e. The van der Waals surface area contributed by atoms with E-state index in [1.165, 1.54) is 32.4 Å². The number of likely N-dealkylation sites (N-methyl/N-ethyl adjacent to an activating group) is 2. The highest BCUT2D eigenvalue weighted by molar-refractivity contribution is 4.88. The van der Waals surface area contributed by atoms with E-state index >= 15 is 0 Å². The minimum Gasteiger partial charge on any atom is -0.315 e. The normalized spacial score (nSPS) is 21.2. The SMILES string of the molecule is CCC(C)N(CC)CC(NC)C1CC1. The van der Waals surface area contributed by atoms with E-state index in [2.05, 4.69) is 38.0 Å². The summed E-state index contributed by atoms with van der Waals surface area (Å²) in [4.78, 5) is 2.60. The Morgan fingerprint density at radius 3 is 2.36 bits per heavy atom. The molecule has 2 atom stereocenters. The van der Waals surface area contributed by atoms with Crippen molar-refractivity contribution in [2.75, 3.05) is 20.1 Å². The highest BCUT2D eigenvalue weighted by atomic mass is 15.2. The Hall–Kier alpha value is -0.0800. The van der Waals surface area contributed by atoms with Crippen LogP contribution in [-0.2, 0) is 0 Å². The lowest BCUT2D eigenvalue weighted by Gasteiger charge is -2.31. The molecular formula is C12H26N2. The van der Waals surface area contributed by atoms with Crippen molar-refractivity contribution in [3.63, 3.8) is 0 Å². The van der Waals surface area contributed by atoms with Crippen LogP contribution in [0.3, 0.4) is 0 Å². The first-order chi connectivity index (χ1) is 6.72. The molecule has 0 aromatic carbocycles. The summed E-state index contributed by atoms with van der Waals surface area (Å²) < 4.78 is 0. The van der Waals surface area contributed by atoms with Gasteiger partial charge < -0.3 is 5.32 Å². The molecule has 0 radical (unpaired) electrons. The van der Waals surface area contributed by atoms with E-state index in [9.17, 15) is 0 Å². The second kappa shape index (κ2) is 5.72. The van der Waals surface area contributed by atoms with Crippen molar-refractivity contribution >= 4 is 0 Å². The average Bonchev–Trinajstić information content (AvgIpc) is 3.02. The zero-order valence-electron chi connectivity index (χ0n) is 10.2.